The first-order valence-electron chi connectivity index (χ1n) is 12.4. The number of nitrogens with zero attached hydrogens (tertiary/aromatic N) is 4. The van der Waals surface area contributed by atoms with Gasteiger partial charge in [-0.15, -0.1) is 0 Å². The Hall–Kier alpha value is -2.81. The van der Waals surface area contributed by atoms with E-state index in [1.54, 1.807) is 0 Å². The van der Waals surface area contributed by atoms with Crippen LogP contribution in [0.25, 0.3) is 0 Å². The Bertz CT molecular complexity index is 1020. The zero-order valence-corrected chi connectivity index (χ0v) is 20.9. The van der Waals surface area contributed by atoms with Gasteiger partial charge in [-0.1, -0.05) is 19.9 Å². The molecule has 3 aliphatic rings. The van der Waals surface area contributed by atoms with Crippen LogP contribution in [0.1, 0.15) is 38.7 Å². The van der Waals surface area contributed by atoms with Gasteiger partial charge in [0, 0.05) is 38.8 Å². The molecule has 2 fully saturated rings. The van der Waals surface area contributed by atoms with Crippen LogP contribution in [-0.2, 0) is 6.54 Å². The molecule has 0 spiro atoms. The predicted molar refractivity (Wildman–Crippen MR) is 139 cm³/mol. The molecule has 0 bridgehead atoms. The lowest BCUT2D eigenvalue weighted by atomic mass is 9.92. The molecule has 5 rings (SSSR count). The standard InChI is InChI=1S/C25H34N6O2S/c1-17-11-18(2)16-31(15-17)23-13-22(30-7-3-4-8-30)27-24(28-23)29-25(34)26-14-19-5-6-20-21(12-19)33-10-9-32-20/h5-6,12-13,17-18H,3-4,7-11,14-16H2,1-2H3,(H2,26,27,28,29,34)/t17-,18+. The van der Waals surface area contributed by atoms with E-state index in [2.05, 4.69) is 40.3 Å². The minimum Gasteiger partial charge on any atom is -0.486 e. The van der Waals surface area contributed by atoms with Crippen LogP contribution in [-0.4, -0.2) is 54.5 Å². The Labute approximate surface area is 207 Å². The average molecular weight is 483 g/mol. The first-order chi connectivity index (χ1) is 16.5. The molecule has 0 amide bonds. The quantitative estimate of drug-likeness (QED) is 0.619. The van der Waals surface area contributed by atoms with Gasteiger partial charge in [-0.3, -0.25) is 0 Å². The highest BCUT2D eigenvalue weighted by molar-refractivity contribution is 7.80. The van der Waals surface area contributed by atoms with E-state index < -0.39 is 0 Å². The van der Waals surface area contributed by atoms with Crippen molar-refractivity contribution in [3.05, 3.63) is 29.8 Å². The van der Waals surface area contributed by atoms with Crippen molar-refractivity contribution in [1.82, 2.24) is 15.3 Å². The monoisotopic (exact) mass is 482 g/mol. The van der Waals surface area contributed by atoms with Gasteiger partial charge < -0.3 is 29.9 Å². The van der Waals surface area contributed by atoms with Gasteiger partial charge in [-0.25, -0.2) is 0 Å². The van der Waals surface area contributed by atoms with E-state index in [0.717, 1.165) is 54.9 Å². The lowest BCUT2D eigenvalue weighted by Gasteiger charge is -2.36. The van der Waals surface area contributed by atoms with E-state index in [-0.39, 0.29) is 0 Å². The largest absolute Gasteiger partial charge is 0.486 e. The molecule has 2 saturated heterocycles. The molecule has 2 atom stereocenters. The Balaban J connectivity index is 1.29. The summed E-state index contributed by atoms with van der Waals surface area (Å²) in [5.74, 6) is 5.37. The van der Waals surface area contributed by atoms with Gasteiger partial charge in [0.25, 0.3) is 0 Å². The van der Waals surface area contributed by atoms with Gasteiger partial charge in [0.1, 0.15) is 24.8 Å². The van der Waals surface area contributed by atoms with Gasteiger partial charge in [0.05, 0.1) is 0 Å². The third kappa shape index (κ3) is 5.46. The SMILES string of the molecule is C[C@@H]1C[C@H](C)CN(c2cc(N3CCCC3)nc(NC(=S)NCc3ccc4c(c3)OCCO4)n2)C1. The second kappa shape index (κ2) is 10.2. The van der Waals surface area contributed by atoms with E-state index in [0.29, 0.717) is 42.7 Å². The highest BCUT2D eigenvalue weighted by atomic mass is 32.1. The van der Waals surface area contributed by atoms with Crippen LogP contribution in [0.15, 0.2) is 24.3 Å². The third-order valence-electron chi connectivity index (χ3n) is 6.61. The minimum absolute atomic E-state index is 0.500. The normalized spacial score (nSPS) is 21.9. The fourth-order valence-electron chi connectivity index (χ4n) is 5.12. The Morgan fingerprint density at radius 1 is 0.971 bits per heavy atom. The summed E-state index contributed by atoms with van der Waals surface area (Å²) in [4.78, 5) is 14.4. The topological polar surface area (TPSA) is 74.8 Å². The number of fused-ring (bicyclic) bond motifs is 1. The summed E-state index contributed by atoms with van der Waals surface area (Å²) in [5.41, 5.74) is 1.07. The van der Waals surface area contributed by atoms with E-state index >= 15 is 0 Å². The molecule has 182 valence electrons. The summed E-state index contributed by atoms with van der Waals surface area (Å²) in [6.45, 7) is 10.5. The van der Waals surface area contributed by atoms with Crippen molar-refractivity contribution in [2.75, 3.05) is 54.5 Å². The molecular formula is C25H34N6O2S. The summed E-state index contributed by atoms with van der Waals surface area (Å²) in [6, 6.07) is 8.10. The number of nitrogens with one attached hydrogen (secondary N) is 2. The molecule has 8 nitrogen and oxygen atoms in total. The summed E-state index contributed by atoms with van der Waals surface area (Å²) in [5, 5.41) is 7.00. The zero-order valence-electron chi connectivity index (χ0n) is 20.0. The minimum atomic E-state index is 0.500. The molecule has 0 aliphatic carbocycles. The van der Waals surface area contributed by atoms with Crippen LogP contribution in [0.5, 0.6) is 11.5 Å². The molecule has 0 saturated carbocycles. The van der Waals surface area contributed by atoms with Gasteiger partial charge in [-0.05, 0) is 61.0 Å². The number of hydrogen-bond acceptors (Lipinski definition) is 7. The van der Waals surface area contributed by atoms with Crippen molar-refractivity contribution < 1.29 is 9.47 Å². The second-order valence-electron chi connectivity index (χ2n) is 9.74. The highest BCUT2D eigenvalue weighted by Gasteiger charge is 2.25. The third-order valence-corrected chi connectivity index (χ3v) is 6.85. The van der Waals surface area contributed by atoms with Crippen LogP contribution >= 0.6 is 12.2 Å². The van der Waals surface area contributed by atoms with Crippen molar-refractivity contribution >= 4 is 34.9 Å². The molecule has 4 heterocycles. The van der Waals surface area contributed by atoms with Crippen LogP contribution in [0, 0.1) is 11.8 Å². The van der Waals surface area contributed by atoms with E-state index in [4.69, 9.17) is 31.7 Å². The maximum Gasteiger partial charge on any atom is 0.232 e. The smallest absolute Gasteiger partial charge is 0.232 e. The van der Waals surface area contributed by atoms with Crippen molar-refractivity contribution in [1.29, 1.82) is 0 Å². The molecule has 1 aromatic heterocycles. The van der Waals surface area contributed by atoms with Crippen molar-refractivity contribution in [3.63, 3.8) is 0 Å². The number of thiocarbonyl (C=S) groups is 1. The van der Waals surface area contributed by atoms with Crippen LogP contribution in [0.4, 0.5) is 17.6 Å². The average Bonchev–Trinajstić information content (AvgIpc) is 3.37. The molecule has 2 N–H and O–H groups in total. The summed E-state index contributed by atoms with van der Waals surface area (Å²) in [7, 11) is 0. The lowest BCUT2D eigenvalue weighted by molar-refractivity contribution is 0.171. The first-order valence-corrected chi connectivity index (χ1v) is 12.8. The zero-order chi connectivity index (χ0) is 23.5. The Morgan fingerprint density at radius 2 is 1.65 bits per heavy atom. The van der Waals surface area contributed by atoms with Gasteiger partial charge >= 0.3 is 0 Å². The number of rotatable bonds is 5. The maximum atomic E-state index is 5.68. The fraction of sp³-hybridized carbons (Fsp3) is 0.560. The number of anilines is 3. The molecule has 34 heavy (non-hydrogen) atoms. The lowest BCUT2D eigenvalue weighted by Crippen LogP contribution is -2.39. The molecule has 3 aliphatic heterocycles. The van der Waals surface area contributed by atoms with Gasteiger partial charge in [0.2, 0.25) is 5.95 Å². The molecule has 1 aromatic carbocycles. The van der Waals surface area contributed by atoms with Crippen molar-refractivity contribution in [3.8, 4) is 11.5 Å². The van der Waals surface area contributed by atoms with Gasteiger partial charge in [0.15, 0.2) is 16.6 Å². The molecule has 0 radical (unpaired) electrons. The van der Waals surface area contributed by atoms with E-state index in [1.165, 1.54) is 19.3 Å². The predicted octanol–water partition coefficient (Wildman–Crippen LogP) is 3.82. The number of benzene rings is 1. The summed E-state index contributed by atoms with van der Waals surface area (Å²) < 4.78 is 11.3. The van der Waals surface area contributed by atoms with E-state index in [9.17, 15) is 0 Å². The highest BCUT2D eigenvalue weighted by Crippen LogP contribution is 2.31. The fourth-order valence-corrected chi connectivity index (χ4v) is 5.29. The van der Waals surface area contributed by atoms with Gasteiger partial charge in [-0.2, -0.15) is 9.97 Å². The Morgan fingerprint density at radius 3 is 2.38 bits per heavy atom. The summed E-state index contributed by atoms with van der Waals surface area (Å²) >= 11 is 5.59. The van der Waals surface area contributed by atoms with Crippen LogP contribution < -0.4 is 29.9 Å². The Kier molecular flexibility index (Phi) is 6.89. The number of hydrogen-bond donors (Lipinski definition) is 2. The van der Waals surface area contributed by atoms with E-state index in [1.807, 2.05) is 18.2 Å². The second-order valence-corrected chi connectivity index (χ2v) is 10.1. The molecule has 9 heteroatoms. The number of piperidine rings is 1. The summed E-state index contributed by atoms with van der Waals surface area (Å²) in [6.07, 6.45) is 3.67. The molecular weight excluding hydrogens is 448 g/mol. The molecule has 0 unspecified atom stereocenters. The van der Waals surface area contributed by atoms with Crippen molar-refractivity contribution in [2.45, 2.75) is 39.7 Å². The number of ether oxygens (including phenoxy) is 2. The maximum absolute atomic E-state index is 5.68. The number of aromatic nitrogens is 2. The molecule has 2 aromatic rings. The van der Waals surface area contributed by atoms with Crippen LogP contribution in [0.2, 0.25) is 0 Å². The van der Waals surface area contributed by atoms with Crippen LogP contribution in [0.3, 0.4) is 0 Å². The first kappa shape index (κ1) is 23.0. The van der Waals surface area contributed by atoms with Crippen molar-refractivity contribution in [2.24, 2.45) is 11.8 Å².